The van der Waals surface area contributed by atoms with Crippen LogP contribution in [0.25, 0.3) is 33.4 Å². The summed E-state index contributed by atoms with van der Waals surface area (Å²) in [5.74, 6) is 0.546. The number of fused-ring (bicyclic) bond motifs is 9. The average molecular weight is 739 g/mol. The third-order valence-electron chi connectivity index (χ3n) is 10.0. The van der Waals surface area contributed by atoms with E-state index in [4.69, 9.17) is 0 Å². The Bertz CT molecular complexity index is 1870. The van der Waals surface area contributed by atoms with Crippen molar-refractivity contribution in [3.63, 3.8) is 0 Å². The summed E-state index contributed by atoms with van der Waals surface area (Å²) in [4.78, 5) is 0. The Kier molecular flexibility index (Phi) is 21.0. The first kappa shape index (κ1) is 52.4. The maximum atomic E-state index is 2.33. The highest BCUT2D eigenvalue weighted by Crippen LogP contribution is 2.45. The van der Waals surface area contributed by atoms with Gasteiger partial charge < -0.3 is 0 Å². The van der Waals surface area contributed by atoms with Crippen LogP contribution in [-0.2, 0) is 12.8 Å². The SMILES string of the molecule is C.C.C.C.C.C.C.CC.Cc1ccc2c(c1)C(C)c1cc(C)ccc1-2.Cc1ccc2c(c1)Cc1cc(C)ccc1-2.Cc1ccc2c(c1)Cc1cc(C)ccc1-2. The Morgan fingerprint density at radius 2 is 0.509 bits per heavy atom. The van der Waals surface area contributed by atoms with Crippen LogP contribution in [0.3, 0.4) is 0 Å². The first-order valence-electron chi connectivity index (χ1n) is 17.7. The van der Waals surface area contributed by atoms with Crippen LogP contribution in [0.1, 0.15) is 145 Å². The van der Waals surface area contributed by atoms with Crippen molar-refractivity contribution < 1.29 is 0 Å². The quantitative estimate of drug-likeness (QED) is 0.145. The molecule has 0 amide bonds. The predicted octanol–water partition coefficient (Wildman–Crippen LogP) is 17.7. The second kappa shape index (κ2) is 22.0. The number of benzene rings is 6. The summed E-state index contributed by atoms with van der Waals surface area (Å²) in [6.45, 7) is 19.3. The number of aryl methyl sites for hydroxylation is 6. The van der Waals surface area contributed by atoms with Gasteiger partial charge in [-0.05, 0) is 121 Å². The zero-order valence-corrected chi connectivity index (χ0v) is 30.4. The number of rotatable bonds is 0. The van der Waals surface area contributed by atoms with Gasteiger partial charge in [-0.15, -0.1) is 0 Å². The maximum absolute atomic E-state index is 2.33. The van der Waals surface area contributed by atoms with E-state index in [-0.39, 0.29) is 52.0 Å². The molecule has 0 saturated carbocycles. The first-order valence-corrected chi connectivity index (χ1v) is 17.7. The van der Waals surface area contributed by atoms with Crippen molar-refractivity contribution >= 4 is 0 Å². The summed E-state index contributed by atoms with van der Waals surface area (Å²) < 4.78 is 0. The molecule has 0 saturated heterocycles. The van der Waals surface area contributed by atoms with Crippen molar-refractivity contribution in [3.8, 4) is 33.4 Å². The Morgan fingerprint density at radius 3 is 0.745 bits per heavy atom. The van der Waals surface area contributed by atoms with Gasteiger partial charge in [-0.2, -0.15) is 0 Å². The minimum atomic E-state index is 0. The van der Waals surface area contributed by atoms with E-state index in [0.29, 0.717) is 5.92 Å². The predicted molar refractivity (Wildman–Crippen MR) is 256 cm³/mol. The maximum Gasteiger partial charge on any atom is 0.00735 e. The minimum Gasteiger partial charge on any atom is -0.0776 e. The molecule has 0 aromatic heterocycles. The molecule has 6 aromatic carbocycles. The molecule has 0 unspecified atom stereocenters. The van der Waals surface area contributed by atoms with Crippen LogP contribution in [0.15, 0.2) is 109 Å². The fraction of sp³-hybridized carbons (Fsp3) is 0.345. The number of hydrogen-bond acceptors (Lipinski definition) is 0. The normalized spacial score (nSPS) is 10.9. The standard InChI is InChI=1S/C16H16.2C15H14.C2H6.7CH4/c1-10-4-6-13-14-7-5-11(2)9-16(14)12(3)15(13)8-10;2*1-10-3-5-14-12(7-10)9-13-8-11(2)4-6-15(13)14;1-2;;;;;;;/h4-9,12H,1-3H3;2*3-8H,9H2,1-2H3;1-2H3;7*1H4. The first-order chi connectivity index (χ1) is 23.1. The largest absolute Gasteiger partial charge is 0.0776 e. The van der Waals surface area contributed by atoms with Gasteiger partial charge in [0.25, 0.3) is 0 Å². The third kappa shape index (κ3) is 10.8. The molecule has 0 heterocycles. The molecule has 0 aliphatic heterocycles. The fourth-order valence-corrected chi connectivity index (χ4v) is 7.68. The summed E-state index contributed by atoms with van der Waals surface area (Å²) >= 11 is 0. The molecule has 0 radical (unpaired) electrons. The van der Waals surface area contributed by atoms with Gasteiger partial charge in [0.15, 0.2) is 0 Å². The molecule has 3 aliphatic rings. The molecule has 298 valence electrons. The van der Waals surface area contributed by atoms with Gasteiger partial charge in [0.05, 0.1) is 0 Å². The van der Waals surface area contributed by atoms with Crippen LogP contribution >= 0.6 is 0 Å². The summed E-state index contributed by atoms with van der Waals surface area (Å²) in [5.41, 5.74) is 25.6. The summed E-state index contributed by atoms with van der Waals surface area (Å²) in [7, 11) is 0. The molecule has 3 aliphatic carbocycles. The lowest BCUT2D eigenvalue weighted by atomic mass is 9.97. The Balaban J connectivity index is 0. The zero-order chi connectivity index (χ0) is 34.1. The van der Waals surface area contributed by atoms with Crippen LogP contribution in [-0.4, -0.2) is 0 Å². The van der Waals surface area contributed by atoms with Crippen LogP contribution in [0.4, 0.5) is 0 Å². The highest BCUT2D eigenvalue weighted by Gasteiger charge is 2.25. The second-order valence-electron chi connectivity index (χ2n) is 13.9. The highest BCUT2D eigenvalue weighted by atomic mass is 14.3. The van der Waals surface area contributed by atoms with E-state index in [9.17, 15) is 0 Å². The molecule has 0 N–H and O–H groups in total. The Morgan fingerprint density at radius 1 is 0.309 bits per heavy atom. The molecule has 0 atom stereocenters. The van der Waals surface area contributed by atoms with Gasteiger partial charge in [-0.25, -0.2) is 0 Å². The second-order valence-corrected chi connectivity index (χ2v) is 13.9. The summed E-state index contributed by atoms with van der Waals surface area (Å²) in [5, 5.41) is 0. The van der Waals surface area contributed by atoms with Crippen molar-refractivity contribution in [1.82, 2.24) is 0 Å². The van der Waals surface area contributed by atoms with E-state index in [1.54, 1.807) is 0 Å². The van der Waals surface area contributed by atoms with Crippen LogP contribution in [0.2, 0.25) is 0 Å². The van der Waals surface area contributed by atoms with Crippen molar-refractivity contribution in [2.24, 2.45) is 0 Å². The van der Waals surface area contributed by atoms with Gasteiger partial charge in [-0.1, -0.05) is 215 Å². The van der Waals surface area contributed by atoms with Gasteiger partial charge in [0, 0.05) is 5.92 Å². The molecule has 0 nitrogen and oxygen atoms in total. The average Bonchev–Trinajstić information content (AvgIpc) is 3.70. The van der Waals surface area contributed by atoms with Crippen LogP contribution in [0.5, 0.6) is 0 Å². The summed E-state index contributed by atoms with van der Waals surface area (Å²) in [6.07, 6.45) is 2.21. The number of hydrogen-bond donors (Lipinski definition) is 0. The van der Waals surface area contributed by atoms with E-state index in [1.165, 1.54) is 100 Å². The van der Waals surface area contributed by atoms with E-state index < -0.39 is 0 Å². The molecular formula is C55H78. The molecule has 55 heavy (non-hydrogen) atoms. The lowest BCUT2D eigenvalue weighted by Gasteiger charge is -2.07. The van der Waals surface area contributed by atoms with E-state index in [1.807, 2.05) is 13.8 Å². The molecule has 0 bridgehead atoms. The summed E-state index contributed by atoms with van der Waals surface area (Å²) in [6, 6.07) is 40.7. The fourth-order valence-electron chi connectivity index (χ4n) is 7.68. The highest BCUT2D eigenvalue weighted by molar-refractivity contribution is 5.80. The van der Waals surface area contributed by atoms with Crippen molar-refractivity contribution in [2.45, 2.75) is 133 Å². The molecule has 6 aromatic rings. The molecule has 9 rings (SSSR count). The monoisotopic (exact) mass is 739 g/mol. The smallest absolute Gasteiger partial charge is 0.00735 e. The van der Waals surface area contributed by atoms with Gasteiger partial charge in [0.2, 0.25) is 0 Å². The molecular weight excluding hydrogens is 661 g/mol. The van der Waals surface area contributed by atoms with Gasteiger partial charge >= 0.3 is 0 Å². The van der Waals surface area contributed by atoms with Crippen LogP contribution in [0, 0.1) is 41.5 Å². The van der Waals surface area contributed by atoms with Crippen molar-refractivity contribution in [1.29, 1.82) is 0 Å². The van der Waals surface area contributed by atoms with Crippen LogP contribution < -0.4 is 0 Å². The van der Waals surface area contributed by atoms with E-state index >= 15 is 0 Å². The molecule has 0 heteroatoms. The van der Waals surface area contributed by atoms with Gasteiger partial charge in [-0.3, -0.25) is 0 Å². The van der Waals surface area contributed by atoms with E-state index in [0.717, 1.165) is 12.8 Å². The molecule has 0 spiro atoms. The topological polar surface area (TPSA) is 0 Å². The van der Waals surface area contributed by atoms with Crippen molar-refractivity contribution in [2.75, 3.05) is 0 Å². The lowest BCUT2D eigenvalue weighted by Crippen LogP contribution is -1.90. The minimum absolute atomic E-state index is 0. The third-order valence-corrected chi connectivity index (χ3v) is 10.0. The van der Waals surface area contributed by atoms with E-state index in [2.05, 4.69) is 158 Å². The van der Waals surface area contributed by atoms with Crippen molar-refractivity contribution in [3.05, 3.63) is 176 Å². The Hall–Kier alpha value is -4.68. The Labute approximate surface area is 341 Å². The molecule has 0 fully saturated rings. The zero-order valence-electron chi connectivity index (χ0n) is 30.4. The lowest BCUT2D eigenvalue weighted by molar-refractivity contribution is 0.952. The van der Waals surface area contributed by atoms with Gasteiger partial charge in [0.1, 0.15) is 0 Å².